The molecule has 21 heavy (non-hydrogen) atoms. The summed E-state index contributed by atoms with van der Waals surface area (Å²) in [6.07, 6.45) is 3.73. The molecular weight excluding hydrogens is 260 g/mol. The molecule has 0 unspecified atom stereocenters. The molecule has 0 amide bonds. The Labute approximate surface area is 124 Å². The molecule has 3 heteroatoms. The first-order valence-electron chi connectivity index (χ1n) is 7.10. The predicted octanol–water partition coefficient (Wildman–Crippen LogP) is 4.25. The largest absolute Gasteiger partial charge is 0.494 e. The minimum Gasteiger partial charge on any atom is -0.494 e. The highest BCUT2D eigenvalue weighted by Gasteiger charge is 2.07. The zero-order chi connectivity index (χ0) is 14.7. The number of hydrogen-bond acceptors (Lipinski definition) is 2. The number of aromatic nitrogens is 2. The maximum absolute atomic E-state index is 5.48. The van der Waals surface area contributed by atoms with E-state index in [1.807, 2.05) is 31.6 Å². The molecule has 0 atom stereocenters. The number of aryl methyl sites for hydroxylation is 1. The molecule has 3 nitrogen and oxygen atoms in total. The zero-order valence-electron chi connectivity index (χ0n) is 12.3. The number of rotatable bonds is 4. The summed E-state index contributed by atoms with van der Waals surface area (Å²) in [4.78, 5) is 4.29. The highest BCUT2D eigenvalue weighted by molar-refractivity contribution is 5.62. The van der Waals surface area contributed by atoms with Crippen LogP contribution in [-0.4, -0.2) is 16.2 Å². The molecule has 1 aromatic heterocycles. The summed E-state index contributed by atoms with van der Waals surface area (Å²) in [5.41, 5.74) is 4.56. The van der Waals surface area contributed by atoms with E-state index < -0.39 is 0 Å². The van der Waals surface area contributed by atoms with Gasteiger partial charge in [0, 0.05) is 11.3 Å². The molecular formula is C18H18N2O. The molecule has 0 radical (unpaired) electrons. The van der Waals surface area contributed by atoms with E-state index in [4.69, 9.17) is 4.74 Å². The highest BCUT2D eigenvalue weighted by atomic mass is 16.5. The second-order valence-corrected chi connectivity index (χ2v) is 4.94. The molecule has 106 valence electrons. The van der Waals surface area contributed by atoms with E-state index in [1.165, 1.54) is 5.56 Å². The summed E-state index contributed by atoms with van der Waals surface area (Å²) in [5.74, 6) is 0.891. The topological polar surface area (TPSA) is 27.1 Å². The van der Waals surface area contributed by atoms with Crippen LogP contribution in [0.25, 0.3) is 16.9 Å². The molecule has 3 aromatic rings. The third-order valence-corrected chi connectivity index (χ3v) is 3.41. The van der Waals surface area contributed by atoms with Crippen LogP contribution in [0.3, 0.4) is 0 Å². The maximum Gasteiger partial charge on any atom is 0.119 e. The lowest BCUT2D eigenvalue weighted by molar-refractivity contribution is 0.340. The Morgan fingerprint density at radius 3 is 2.38 bits per heavy atom. The fourth-order valence-electron chi connectivity index (χ4n) is 2.31. The van der Waals surface area contributed by atoms with E-state index in [0.717, 1.165) is 22.7 Å². The Balaban J connectivity index is 1.96. The van der Waals surface area contributed by atoms with Gasteiger partial charge in [0.15, 0.2) is 0 Å². The maximum atomic E-state index is 5.48. The molecule has 0 spiro atoms. The molecule has 3 rings (SSSR count). The van der Waals surface area contributed by atoms with Gasteiger partial charge in [-0.2, -0.15) is 0 Å². The number of hydrogen-bond donors (Lipinski definition) is 0. The van der Waals surface area contributed by atoms with Crippen LogP contribution in [0.5, 0.6) is 5.75 Å². The van der Waals surface area contributed by atoms with E-state index in [0.29, 0.717) is 6.61 Å². The SMILES string of the molecule is CCOc1ccc(-c2cncn2-c2ccc(C)cc2)cc1. The highest BCUT2D eigenvalue weighted by Crippen LogP contribution is 2.25. The molecule has 0 bridgehead atoms. The molecule has 0 N–H and O–H groups in total. The number of benzene rings is 2. The van der Waals surface area contributed by atoms with Crippen LogP contribution in [-0.2, 0) is 0 Å². The van der Waals surface area contributed by atoms with Crippen LogP contribution in [0.4, 0.5) is 0 Å². The zero-order valence-corrected chi connectivity index (χ0v) is 12.3. The van der Waals surface area contributed by atoms with Crippen LogP contribution in [0.15, 0.2) is 61.1 Å². The van der Waals surface area contributed by atoms with E-state index in [9.17, 15) is 0 Å². The molecule has 0 saturated heterocycles. The Kier molecular flexibility index (Phi) is 3.73. The van der Waals surface area contributed by atoms with Gasteiger partial charge in [-0.05, 0) is 50.2 Å². The van der Waals surface area contributed by atoms with Crippen molar-refractivity contribution in [1.29, 1.82) is 0 Å². The molecule has 0 aliphatic rings. The number of imidazole rings is 1. The summed E-state index contributed by atoms with van der Waals surface area (Å²) < 4.78 is 7.58. The van der Waals surface area contributed by atoms with E-state index >= 15 is 0 Å². The standard InChI is InChI=1S/C18H18N2O/c1-3-21-17-10-6-15(7-11-17)18-12-19-13-20(18)16-8-4-14(2)5-9-16/h4-13H,3H2,1-2H3. The second kappa shape index (κ2) is 5.83. The number of ether oxygens (including phenoxy) is 1. The Bertz CT molecular complexity index is 712. The van der Waals surface area contributed by atoms with Crippen molar-refractivity contribution in [3.8, 4) is 22.7 Å². The lowest BCUT2D eigenvalue weighted by atomic mass is 10.1. The summed E-state index contributed by atoms with van der Waals surface area (Å²) >= 11 is 0. The van der Waals surface area contributed by atoms with Crippen LogP contribution in [0.1, 0.15) is 12.5 Å². The van der Waals surface area contributed by atoms with E-state index in [-0.39, 0.29) is 0 Å². The van der Waals surface area contributed by atoms with Gasteiger partial charge >= 0.3 is 0 Å². The Morgan fingerprint density at radius 1 is 1.00 bits per heavy atom. The fraction of sp³-hybridized carbons (Fsp3) is 0.167. The average molecular weight is 278 g/mol. The van der Waals surface area contributed by atoms with E-state index in [2.05, 4.69) is 52.9 Å². The van der Waals surface area contributed by atoms with Gasteiger partial charge in [-0.3, -0.25) is 4.57 Å². The first-order chi connectivity index (χ1) is 10.3. The van der Waals surface area contributed by atoms with Gasteiger partial charge in [0.1, 0.15) is 5.75 Å². The first-order valence-corrected chi connectivity index (χ1v) is 7.10. The van der Waals surface area contributed by atoms with Gasteiger partial charge in [-0.15, -0.1) is 0 Å². The van der Waals surface area contributed by atoms with Gasteiger partial charge < -0.3 is 4.74 Å². The van der Waals surface area contributed by atoms with Gasteiger partial charge in [0.05, 0.1) is 24.8 Å². The van der Waals surface area contributed by atoms with E-state index in [1.54, 1.807) is 0 Å². The lowest BCUT2D eigenvalue weighted by Crippen LogP contribution is -1.95. The van der Waals surface area contributed by atoms with Gasteiger partial charge in [0.25, 0.3) is 0 Å². The van der Waals surface area contributed by atoms with Crippen molar-refractivity contribution in [1.82, 2.24) is 9.55 Å². The summed E-state index contributed by atoms with van der Waals surface area (Å²) in [5, 5.41) is 0. The molecule has 0 fully saturated rings. The van der Waals surface area contributed by atoms with Crippen LogP contribution in [0, 0.1) is 6.92 Å². The van der Waals surface area contributed by atoms with Crippen molar-refractivity contribution in [2.24, 2.45) is 0 Å². The molecule has 0 aliphatic carbocycles. The summed E-state index contributed by atoms with van der Waals surface area (Å²) in [6.45, 7) is 4.76. The predicted molar refractivity (Wildman–Crippen MR) is 84.9 cm³/mol. The lowest BCUT2D eigenvalue weighted by Gasteiger charge is -2.09. The summed E-state index contributed by atoms with van der Waals surface area (Å²) in [7, 11) is 0. The van der Waals surface area contributed by atoms with Gasteiger partial charge in [-0.25, -0.2) is 4.98 Å². The fourth-order valence-corrected chi connectivity index (χ4v) is 2.31. The van der Waals surface area contributed by atoms with Crippen LogP contribution >= 0.6 is 0 Å². The van der Waals surface area contributed by atoms with Crippen molar-refractivity contribution in [2.75, 3.05) is 6.61 Å². The Morgan fingerprint density at radius 2 is 1.71 bits per heavy atom. The first kappa shape index (κ1) is 13.4. The van der Waals surface area contributed by atoms with Gasteiger partial charge in [-0.1, -0.05) is 17.7 Å². The van der Waals surface area contributed by atoms with Crippen molar-refractivity contribution in [2.45, 2.75) is 13.8 Å². The van der Waals surface area contributed by atoms with Crippen molar-refractivity contribution in [3.63, 3.8) is 0 Å². The normalized spacial score (nSPS) is 10.6. The van der Waals surface area contributed by atoms with Gasteiger partial charge in [0.2, 0.25) is 0 Å². The van der Waals surface area contributed by atoms with Crippen molar-refractivity contribution >= 4 is 0 Å². The van der Waals surface area contributed by atoms with Crippen LogP contribution < -0.4 is 4.74 Å². The van der Waals surface area contributed by atoms with Crippen molar-refractivity contribution < 1.29 is 4.74 Å². The monoisotopic (exact) mass is 278 g/mol. The third-order valence-electron chi connectivity index (χ3n) is 3.41. The van der Waals surface area contributed by atoms with Crippen molar-refractivity contribution in [3.05, 3.63) is 66.6 Å². The quantitative estimate of drug-likeness (QED) is 0.713. The van der Waals surface area contributed by atoms with Crippen LogP contribution in [0.2, 0.25) is 0 Å². The average Bonchev–Trinajstić information content (AvgIpc) is 2.99. The Hall–Kier alpha value is -2.55. The summed E-state index contributed by atoms with van der Waals surface area (Å²) in [6, 6.07) is 16.5. The minimum absolute atomic E-state index is 0.681. The molecule has 0 saturated carbocycles. The third kappa shape index (κ3) is 2.82. The smallest absolute Gasteiger partial charge is 0.119 e. The number of nitrogens with zero attached hydrogens (tertiary/aromatic N) is 2. The molecule has 0 aliphatic heterocycles. The molecule has 1 heterocycles. The minimum atomic E-state index is 0.681. The second-order valence-electron chi connectivity index (χ2n) is 4.94. The molecule has 2 aromatic carbocycles.